The molecule has 0 fully saturated rings. The first-order valence-corrected chi connectivity index (χ1v) is 13.9. The maximum absolute atomic E-state index is 6.27. The van der Waals surface area contributed by atoms with Crippen LogP contribution in [-0.2, 0) is 8.85 Å². The highest BCUT2D eigenvalue weighted by atomic mass is 28.4. The fourth-order valence-electron chi connectivity index (χ4n) is 2.09. The minimum atomic E-state index is -1.55. The van der Waals surface area contributed by atoms with Crippen LogP contribution in [0.1, 0.15) is 54.4 Å². The number of rotatable bonds is 10. The van der Waals surface area contributed by atoms with Gasteiger partial charge in [0.25, 0.3) is 0 Å². The van der Waals surface area contributed by atoms with E-state index in [2.05, 4.69) is 54.6 Å². The summed E-state index contributed by atoms with van der Waals surface area (Å²) < 4.78 is 12.5. The SMILES string of the molecule is CC[Si](CC)(CC)OCCCCO[Si](C)(C)C(C)(C)C. The second kappa shape index (κ2) is 8.71. The van der Waals surface area contributed by atoms with Crippen LogP contribution in [0.5, 0.6) is 0 Å². The molecule has 0 aliphatic heterocycles. The Morgan fingerprint density at radius 1 is 0.750 bits per heavy atom. The number of hydrogen-bond donors (Lipinski definition) is 0. The van der Waals surface area contributed by atoms with Gasteiger partial charge in [0.2, 0.25) is 0 Å². The molecule has 0 aromatic carbocycles. The monoisotopic (exact) mass is 318 g/mol. The molecule has 0 N–H and O–H groups in total. The molecule has 0 bridgehead atoms. The van der Waals surface area contributed by atoms with Crippen molar-refractivity contribution in [1.29, 1.82) is 0 Å². The van der Waals surface area contributed by atoms with E-state index in [1.165, 1.54) is 18.1 Å². The van der Waals surface area contributed by atoms with Gasteiger partial charge in [0.15, 0.2) is 16.6 Å². The summed E-state index contributed by atoms with van der Waals surface area (Å²) in [7, 11) is -2.93. The van der Waals surface area contributed by atoms with E-state index in [0.717, 1.165) is 26.1 Å². The smallest absolute Gasteiger partial charge is 0.191 e. The summed E-state index contributed by atoms with van der Waals surface area (Å²) in [4.78, 5) is 0. The Bertz CT molecular complexity index is 241. The van der Waals surface area contributed by atoms with Gasteiger partial charge in [-0.1, -0.05) is 41.5 Å². The topological polar surface area (TPSA) is 18.5 Å². The summed E-state index contributed by atoms with van der Waals surface area (Å²) in [5.41, 5.74) is 0. The second-order valence-corrected chi connectivity index (χ2v) is 17.0. The van der Waals surface area contributed by atoms with Gasteiger partial charge in [-0.3, -0.25) is 0 Å². The Morgan fingerprint density at radius 3 is 1.50 bits per heavy atom. The Kier molecular flexibility index (Phi) is 8.87. The standard InChI is InChI=1S/C16H38O2Si2/c1-9-20(10-2,11-3)18-15-13-12-14-17-19(7,8)16(4,5)6/h9-15H2,1-8H3. The minimum Gasteiger partial charge on any atom is -0.417 e. The molecule has 4 heteroatoms. The maximum atomic E-state index is 6.27. The van der Waals surface area contributed by atoms with Gasteiger partial charge in [-0.15, -0.1) is 0 Å². The molecule has 0 radical (unpaired) electrons. The normalized spacial score (nSPS) is 13.8. The molecule has 0 heterocycles. The highest BCUT2D eigenvalue weighted by Crippen LogP contribution is 2.36. The molecule has 20 heavy (non-hydrogen) atoms. The lowest BCUT2D eigenvalue weighted by Crippen LogP contribution is -2.41. The molecule has 0 aromatic rings. The Balaban J connectivity index is 3.89. The third kappa shape index (κ3) is 6.41. The molecule has 0 aliphatic rings. The van der Waals surface area contributed by atoms with Crippen molar-refractivity contribution in [3.8, 4) is 0 Å². The molecule has 0 rings (SSSR count). The summed E-state index contributed by atoms with van der Waals surface area (Å²) >= 11 is 0. The van der Waals surface area contributed by atoms with Crippen molar-refractivity contribution in [2.24, 2.45) is 0 Å². The quantitative estimate of drug-likeness (QED) is 0.374. The van der Waals surface area contributed by atoms with Crippen molar-refractivity contribution in [1.82, 2.24) is 0 Å². The van der Waals surface area contributed by atoms with E-state index < -0.39 is 16.6 Å². The van der Waals surface area contributed by atoms with Gasteiger partial charge < -0.3 is 8.85 Å². The van der Waals surface area contributed by atoms with E-state index in [1.54, 1.807) is 0 Å². The third-order valence-electron chi connectivity index (χ3n) is 5.15. The molecule has 122 valence electrons. The van der Waals surface area contributed by atoms with Gasteiger partial charge in [-0.25, -0.2) is 0 Å². The van der Waals surface area contributed by atoms with E-state index >= 15 is 0 Å². The zero-order valence-corrected chi connectivity index (χ0v) is 17.3. The minimum absolute atomic E-state index is 0.318. The van der Waals surface area contributed by atoms with Crippen molar-refractivity contribution in [2.45, 2.75) is 90.6 Å². The van der Waals surface area contributed by atoms with Crippen LogP contribution in [0.25, 0.3) is 0 Å². The van der Waals surface area contributed by atoms with Crippen LogP contribution in [0.4, 0.5) is 0 Å². The van der Waals surface area contributed by atoms with Crippen LogP contribution < -0.4 is 0 Å². The van der Waals surface area contributed by atoms with Crippen molar-refractivity contribution in [2.75, 3.05) is 13.2 Å². The molecule has 0 aromatic heterocycles. The third-order valence-corrected chi connectivity index (χ3v) is 14.4. The Labute approximate surface area is 129 Å². The van der Waals surface area contributed by atoms with Crippen LogP contribution in [0.2, 0.25) is 36.3 Å². The van der Waals surface area contributed by atoms with E-state index in [9.17, 15) is 0 Å². The molecular formula is C16H38O2Si2. The predicted octanol–water partition coefficient (Wildman–Crippen LogP) is 5.81. The largest absolute Gasteiger partial charge is 0.417 e. The lowest BCUT2D eigenvalue weighted by molar-refractivity contribution is 0.245. The maximum Gasteiger partial charge on any atom is 0.191 e. The second-order valence-electron chi connectivity index (χ2n) is 7.41. The van der Waals surface area contributed by atoms with Crippen LogP contribution in [0.15, 0.2) is 0 Å². The lowest BCUT2D eigenvalue weighted by Gasteiger charge is -2.36. The molecule has 0 aliphatic carbocycles. The lowest BCUT2D eigenvalue weighted by atomic mass is 10.2. The van der Waals surface area contributed by atoms with Crippen molar-refractivity contribution in [3.63, 3.8) is 0 Å². The van der Waals surface area contributed by atoms with Crippen molar-refractivity contribution in [3.05, 3.63) is 0 Å². The Morgan fingerprint density at radius 2 is 1.15 bits per heavy atom. The fraction of sp³-hybridized carbons (Fsp3) is 1.00. The first-order valence-electron chi connectivity index (χ1n) is 8.42. The molecule has 0 saturated heterocycles. The predicted molar refractivity (Wildman–Crippen MR) is 95.5 cm³/mol. The van der Waals surface area contributed by atoms with E-state index in [0.29, 0.717) is 5.04 Å². The van der Waals surface area contributed by atoms with Gasteiger partial charge >= 0.3 is 0 Å². The average Bonchev–Trinajstić information content (AvgIpc) is 2.37. The van der Waals surface area contributed by atoms with Gasteiger partial charge in [-0.05, 0) is 49.1 Å². The van der Waals surface area contributed by atoms with E-state index in [4.69, 9.17) is 8.85 Å². The van der Waals surface area contributed by atoms with Crippen LogP contribution in [0.3, 0.4) is 0 Å². The molecule has 2 nitrogen and oxygen atoms in total. The molecule has 0 amide bonds. The van der Waals surface area contributed by atoms with Gasteiger partial charge in [0.05, 0.1) is 0 Å². The zero-order valence-electron chi connectivity index (χ0n) is 15.3. The highest BCUT2D eigenvalue weighted by Gasteiger charge is 2.36. The molecular weight excluding hydrogens is 280 g/mol. The van der Waals surface area contributed by atoms with Crippen molar-refractivity contribution < 1.29 is 8.85 Å². The van der Waals surface area contributed by atoms with Gasteiger partial charge in [0.1, 0.15) is 0 Å². The van der Waals surface area contributed by atoms with Crippen LogP contribution >= 0.6 is 0 Å². The number of unbranched alkanes of at least 4 members (excludes halogenated alkanes) is 1. The zero-order chi connectivity index (χ0) is 15.9. The highest BCUT2D eigenvalue weighted by molar-refractivity contribution is 6.74. The summed E-state index contributed by atoms with van der Waals surface area (Å²) in [5.74, 6) is 0. The molecule has 0 unspecified atom stereocenters. The van der Waals surface area contributed by atoms with Crippen molar-refractivity contribution >= 4 is 16.6 Å². The average molecular weight is 319 g/mol. The van der Waals surface area contributed by atoms with Crippen LogP contribution in [0, 0.1) is 0 Å². The summed E-state index contributed by atoms with van der Waals surface area (Å²) in [5, 5.41) is 0.318. The fourth-order valence-corrected chi connectivity index (χ4v) is 5.87. The summed E-state index contributed by atoms with van der Waals surface area (Å²) in [6, 6.07) is 3.75. The first kappa shape index (κ1) is 20.4. The van der Waals surface area contributed by atoms with E-state index in [-0.39, 0.29) is 0 Å². The summed E-state index contributed by atoms with van der Waals surface area (Å²) in [6.45, 7) is 20.3. The Hall–Kier alpha value is 0.354. The molecule has 0 saturated carbocycles. The van der Waals surface area contributed by atoms with Gasteiger partial charge in [0, 0.05) is 13.2 Å². The van der Waals surface area contributed by atoms with E-state index in [1.807, 2.05) is 0 Å². The number of hydrogen-bond acceptors (Lipinski definition) is 2. The van der Waals surface area contributed by atoms with Gasteiger partial charge in [-0.2, -0.15) is 0 Å². The summed E-state index contributed by atoms with van der Waals surface area (Å²) in [6.07, 6.45) is 2.28. The first-order chi connectivity index (χ1) is 9.14. The van der Waals surface area contributed by atoms with Crippen LogP contribution in [-0.4, -0.2) is 29.8 Å². The molecule has 0 spiro atoms. The molecule has 0 atom stereocenters.